The number of fused-ring (bicyclic) bond motifs is 1. The highest BCUT2D eigenvalue weighted by molar-refractivity contribution is 6.19. The van der Waals surface area contributed by atoms with Crippen LogP contribution in [0.3, 0.4) is 0 Å². The van der Waals surface area contributed by atoms with Crippen LogP contribution in [0.1, 0.15) is 41.5 Å². The second-order valence-electron chi connectivity index (χ2n) is 7.02. The third-order valence-corrected chi connectivity index (χ3v) is 4.43. The highest BCUT2D eigenvalue weighted by atomic mass is 17.2. The van der Waals surface area contributed by atoms with Gasteiger partial charge in [0, 0.05) is 0 Å². The van der Waals surface area contributed by atoms with E-state index in [0.717, 1.165) is 0 Å². The second-order valence-corrected chi connectivity index (χ2v) is 7.02. The first-order valence-electron chi connectivity index (χ1n) is 6.85. The Hall–Kier alpha value is -1.04. The van der Waals surface area contributed by atoms with E-state index >= 15 is 0 Å². The molecular formula is C15H22O5. The summed E-state index contributed by atoms with van der Waals surface area (Å²) in [7, 11) is 0. The molecule has 2 aliphatic rings. The van der Waals surface area contributed by atoms with E-state index in [1.165, 1.54) is 0 Å². The lowest BCUT2D eigenvalue weighted by molar-refractivity contribution is -0.449. The summed E-state index contributed by atoms with van der Waals surface area (Å²) in [5, 5.41) is 10.7. The van der Waals surface area contributed by atoms with Crippen molar-refractivity contribution < 1.29 is 24.5 Å². The van der Waals surface area contributed by atoms with Crippen LogP contribution in [0.4, 0.5) is 0 Å². The van der Waals surface area contributed by atoms with Crippen molar-refractivity contribution in [2.45, 2.75) is 53.4 Å². The van der Waals surface area contributed by atoms with Gasteiger partial charge in [-0.1, -0.05) is 13.8 Å². The van der Waals surface area contributed by atoms with E-state index in [1.54, 1.807) is 33.8 Å². The lowest BCUT2D eigenvalue weighted by Crippen LogP contribution is -2.66. The molecule has 1 aliphatic carbocycles. The molecule has 0 radical (unpaired) electrons. The molecule has 20 heavy (non-hydrogen) atoms. The molecule has 0 aromatic heterocycles. The molecule has 0 spiro atoms. The van der Waals surface area contributed by atoms with Gasteiger partial charge in [0.1, 0.15) is 6.10 Å². The van der Waals surface area contributed by atoms with E-state index in [9.17, 15) is 14.7 Å². The zero-order chi connectivity index (χ0) is 15.5. The molecular weight excluding hydrogens is 260 g/mol. The predicted molar refractivity (Wildman–Crippen MR) is 71.4 cm³/mol. The van der Waals surface area contributed by atoms with Gasteiger partial charge in [0.15, 0.2) is 11.6 Å². The lowest BCUT2D eigenvalue weighted by atomic mass is 9.58. The molecule has 0 amide bonds. The minimum atomic E-state index is -2.03. The Morgan fingerprint density at radius 3 is 2.25 bits per heavy atom. The van der Waals surface area contributed by atoms with Crippen molar-refractivity contribution in [1.29, 1.82) is 0 Å². The Kier molecular flexibility index (Phi) is 3.24. The molecule has 2 atom stereocenters. The lowest BCUT2D eigenvalue weighted by Gasteiger charge is -2.51. The molecule has 2 rings (SSSR count). The Morgan fingerprint density at radius 1 is 1.20 bits per heavy atom. The summed E-state index contributed by atoms with van der Waals surface area (Å²) in [4.78, 5) is 35.4. The van der Waals surface area contributed by atoms with Gasteiger partial charge < -0.3 is 5.11 Å². The van der Waals surface area contributed by atoms with Crippen molar-refractivity contribution in [2.75, 3.05) is 0 Å². The molecule has 1 N–H and O–H groups in total. The molecule has 1 saturated carbocycles. The van der Waals surface area contributed by atoms with Crippen molar-refractivity contribution in [3.63, 3.8) is 0 Å². The van der Waals surface area contributed by atoms with Crippen molar-refractivity contribution in [3.05, 3.63) is 11.6 Å². The zero-order valence-electron chi connectivity index (χ0n) is 12.8. The van der Waals surface area contributed by atoms with Crippen LogP contribution in [-0.2, 0) is 19.4 Å². The molecule has 5 heteroatoms. The van der Waals surface area contributed by atoms with Gasteiger partial charge in [-0.05, 0) is 39.7 Å². The minimum Gasteiger partial charge on any atom is -0.359 e. The molecule has 1 heterocycles. The van der Waals surface area contributed by atoms with Crippen molar-refractivity contribution in [1.82, 2.24) is 0 Å². The smallest absolute Gasteiger partial charge is 0.240 e. The topological polar surface area (TPSA) is 72.8 Å². The van der Waals surface area contributed by atoms with E-state index in [-0.39, 0.29) is 17.3 Å². The van der Waals surface area contributed by atoms with Crippen molar-refractivity contribution in [3.8, 4) is 0 Å². The number of carbonyl (C=O) groups excluding carboxylic acids is 2. The predicted octanol–water partition coefficient (Wildman–Crippen LogP) is 1.79. The number of carbonyl (C=O) groups is 2. The third-order valence-electron chi connectivity index (χ3n) is 4.43. The van der Waals surface area contributed by atoms with Gasteiger partial charge in [-0.2, -0.15) is 4.89 Å². The summed E-state index contributed by atoms with van der Waals surface area (Å²) >= 11 is 0. The van der Waals surface area contributed by atoms with Crippen LogP contribution in [0.15, 0.2) is 11.6 Å². The number of ketones is 2. The summed E-state index contributed by atoms with van der Waals surface area (Å²) < 4.78 is 0. The maximum Gasteiger partial charge on any atom is 0.240 e. The summed E-state index contributed by atoms with van der Waals surface area (Å²) in [5.41, 5.74) is -2.32. The number of aliphatic hydroxyl groups is 1. The first kappa shape index (κ1) is 15.4. The molecule has 0 aromatic rings. The van der Waals surface area contributed by atoms with Crippen LogP contribution in [0, 0.1) is 16.7 Å². The van der Waals surface area contributed by atoms with Gasteiger partial charge in [-0.3, -0.25) is 9.59 Å². The third kappa shape index (κ3) is 1.73. The van der Waals surface area contributed by atoms with E-state index in [1.807, 2.05) is 13.8 Å². The highest BCUT2D eigenvalue weighted by Gasteiger charge is 2.66. The van der Waals surface area contributed by atoms with Crippen LogP contribution in [0.2, 0.25) is 0 Å². The van der Waals surface area contributed by atoms with E-state index in [2.05, 4.69) is 0 Å². The van der Waals surface area contributed by atoms with E-state index in [0.29, 0.717) is 0 Å². The summed E-state index contributed by atoms with van der Waals surface area (Å²) in [6.45, 7) is 10.1. The number of hydrogen-bond donors (Lipinski definition) is 1. The van der Waals surface area contributed by atoms with Crippen molar-refractivity contribution >= 4 is 11.6 Å². The summed E-state index contributed by atoms with van der Waals surface area (Å²) in [6.07, 6.45) is 1.17. The first-order chi connectivity index (χ1) is 8.96. The number of rotatable bonds is 1. The molecule has 0 unspecified atom stereocenters. The minimum absolute atomic E-state index is 0.0868. The van der Waals surface area contributed by atoms with Crippen LogP contribution < -0.4 is 0 Å². The average molecular weight is 282 g/mol. The first-order valence-corrected chi connectivity index (χ1v) is 6.85. The Morgan fingerprint density at radius 2 is 1.75 bits per heavy atom. The van der Waals surface area contributed by atoms with E-state index < -0.39 is 28.5 Å². The molecule has 112 valence electrons. The number of hydrogen-bond acceptors (Lipinski definition) is 5. The Labute approximate surface area is 118 Å². The van der Waals surface area contributed by atoms with Crippen LogP contribution in [-0.4, -0.2) is 28.6 Å². The normalized spacial score (nSPS) is 35.8. The molecule has 5 nitrogen and oxygen atoms in total. The Bertz CT molecular complexity index is 500. The average Bonchev–Trinajstić information content (AvgIpc) is 2.35. The molecule has 0 bridgehead atoms. The summed E-state index contributed by atoms with van der Waals surface area (Å²) in [5.74, 6) is -2.70. The zero-order valence-corrected chi connectivity index (χ0v) is 12.8. The molecule has 1 aliphatic heterocycles. The molecule has 0 saturated heterocycles. The second kappa shape index (κ2) is 4.23. The van der Waals surface area contributed by atoms with Gasteiger partial charge >= 0.3 is 0 Å². The van der Waals surface area contributed by atoms with Crippen LogP contribution >= 0.6 is 0 Å². The quantitative estimate of drug-likeness (QED) is 0.586. The van der Waals surface area contributed by atoms with Gasteiger partial charge in [0.2, 0.25) is 5.79 Å². The Balaban J connectivity index is 2.62. The monoisotopic (exact) mass is 282 g/mol. The maximum absolute atomic E-state index is 12.6. The van der Waals surface area contributed by atoms with E-state index in [4.69, 9.17) is 9.78 Å². The van der Waals surface area contributed by atoms with Crippen molar-refractivity contribution in [2.24, 2.45) is 16.7 Å². The highest BCUT2D eigenvalue weighted by Crippen LogP contribution is 2.52. The fraction of sp³-hybridized carbons (Fsp3) is 0.733. The largest absolute Gasteiger partial charge is 0.359 e. The number of Topliss-reactive ketones (excluding diaryl/α,β-unsaturated/α-hetero) is 2. The molecule has 1 fully saturated rings. The van der Waals surface area contributed by atoms with Gasteiger partial charge in [0.05, 0.1) is 16.4 Å². The summed E-state index contributed by atoms with van der Waals surface area (Å²) in [6, 6.07) is 0. The SMILES string of the molecule is CC(C)[C@H]1C=C2C(=O)C(C)(C)C(=O)C(C)(C)[C@@]2(O)OO1. The standard InChI is InChI=1S/C15H22O5/c1-8(2)10-7-9-11(16)13(3,4)12(17)14(5,6)15(9,18)20-19-10/h7-8,10,18H,1-6H3/t10-,15+/m1/s1. The fourth-order valence-corrected chi connectivity index (χ4v) is 2.82. The molecule has 0 aromatic carbocycles. The van der Waals surface area contributed by atoms with Gasteiger partial charge in [-0.25, -0.2) is 4.89 Å². The fourth-order valence-electron chi connectivity index (χ4n) is 2.82. The van der Waals surface area contributed by atoms with Crippen LogP contribution in [0.25, 0.3) is 0 Å². The van der Waals surface area contributed by atoms with Crippen LogP contribution in [0.5, 0.6) is 0 Å². The van der Waals surface area contributed by atoms with Gasteiger partial charge in [0.25, 0.3) is 0 Å². The van der Waals surface area contributed by atoms with Gasteiger partial charge in [-0.15, -0.1) is 0 Å². The maximum atomic E-state index is 12.6.